The van der Waals surface area contributed by atoms with Crippen molar-refractivity contribution < 1.29 is 22.6 Å². The predicted octanol–water partition coefficient (Wildman–Crippen LogP) is 4.09. The zero-order chi connectivity index (χ0) is 23.5. The lowest BCUT2D eigenvalue weighted by molar-refractivity contribution is -0.384. The van der Waals surface area contributed by atoms with Gasteiger partial charge in [0.1, 0.15) is 5.69 Å². The highest BCUT2D eigenvalue weighted by atomic mass is 79.9. The van der Waals surface area contributed by atoms with Crippen LogP contribution >= 0.6 is 27.7 Å². The fourth-order valence-electron chi connectivity index (χ4n) is 2.10. The molecule has 0 radical (unpaired) electrons. The number of thioether (sulfide) groups is 1. The van der Waals surface area contributed by atoms with Crippen molar-refractivity contribution in [2.45, 2.75) is 56.8 Å². The predicted molar refractivity (Wildman–Crippen MR) is 126 cm³/mol. The van der Waals surface area contributed by atoms with E-state index >= 15 is 0 Å². The van der Waals surface area contributed by atoms with Crippen molar-refractivity contribution in [3.63, 3.8) is 0 Å². The molecule has 0 aliphatic heterocycles. The van der Waals surface area contributed by atoms with Crippen molar-refractivity contribution in [2.24, 2.45) is 5.14 Å². The molecule has 30 heavy (non-hydrogen) atoms. The molecule has 1 rings (SSSR count). The van der Waals surface area contributed by atoms with E-state index in [2.05, 4.69) is 55.1 Å². The first-order chi connectivity index (χ1) is 13.5. The molecule has 0 unspecified atom stereocenters. The summed E-state index contributed by atoms with van der Waals surface area (Å²) in [5.41, 5.74) is -0.348. The number of carbonyl (C=O) groups excluding carboxylic acids is 1. The number of primary sulfonamides is 1. The molecule has 0 heterocycles. The van der Waals surface area contributed by atoms with Gasteiger partial charge in [0.2, 0.25) is 10.0 Å². The maximum Gasteiger partial charge on any atom is 0.294 e. The molecule has 0 spiro atoms. The van der Waals surface area contributed by atoms with E-state index in [1.807, 2.05) is 0 Å². The van der Waals surface area contributed by atoms with E-state index < -0.39 is 35.0 Å². The van der Waals surface area contributed by atoms with Crippen molar-refractivity contribution in [3.05, 3.63) is 26.7 Å². The average molecular weight is 543 g/mol. The Kier molecular flexibility index (Phi) is 9.09. The van der Waals surface area contributed by atoms with Gasteiger partial charge < -0.3 is 9.74 Å². The molecule has 3 N–H and O–H groups in total. The Hall–Kier alpha value is -0.993. The Bertz CT molecular complexity index is 919. The molecule has 0 aliphatic rings. The second-order valence-corrected chi connectivity index (χ2v) is 16.7. The molecular formula is C17H28BrN3O6S2Si. The number of nitro benzene ring substituents is 1. The molecule has 1 aromatic carbocycles. The van der Waals surface area contributed by atoms with Crippen LogP contribution in [0.25, 0.3) is 0 Å². The van der Waals surface area contributed by atoms with Crippen LogP contribution in [0.1, 0.15) is 27.7 Å². The lowest BCUT2D eigenvalue weighted by Crippen LogP contribution is -2.44. The number of halogens is 1. The van der Waals surface area contributed by atoms with E-state index in [9.17, 15) is 23.3 Å². The van der Waals surface area contributed by atoms with Gasteiger partial charge in [-0.25, -0.2) is 13.6 Å². The minimum absolute atomic E-state index is 0.0328. The fourth-order valence-corrected chi connectivity index (χ4v) is 5.04. The highest BCUT2D eigenvalue weighted by Crippen LogP contribution is 2.38. The summed E-state index contributed by atoms with van der Waals surface area (Å²) < 4.78 is 29.7. The second-order valence-electron chi connectivity index (χ2n) is 8.32. The zero-order valence-electron chi connectivity index (χ0n) is 17.8. The normalized spacial score (nSPS) is 13.7. The molecule has 0 saturated heterocycles. The molecule has 0 fully saturated rings. The molecular weight excluding hydrogens is 514 g/mol. The first-order valence-electron chi connectivity index (χ1n) is 9.00. The number of rotatable bonds is 9. The van der Waals surface area contributed by atoms with Crippen LogP contribution in [-0.2, 0) is 19.2 Å². The van der Waals surface area contributed by atoms with E-state index in [4.69, 9.17) is 9.56 Å². The van der Waals surface area contributed by atoms with Crippen molar-refractivity contribution in [3.8, 4) is 0 Å². The van der Waals surface area contributed by atoms with E-state index in [1.54, 1.807) is 0 Å². The van der Waals surface area contributed by atoms with Gasteiger partial charge in [-0.1, -0.05) is 32.5 Å². The smallest absolute Gasteiger partial charge is 0.294 e. The SMILES string of the molecule is CC(=O)SC[C@@H](CO[Si](C)(C)C(C)(C)C)Nc1c(Br)cc(S(N)(=O)=O)cc1[N+](=O)[O-]. The van der Waals surface area contributed by atoms with Gasteiger partial charge in [0.05, 0.1) is 22.5 Å². The van der Waals surface area contributed by atoms with Gasteiger partial charge in [0, 0.05) is 23.2 Å². The molecule has 0 bridgehead atoms. The van der Waals surface area contributed by atoms with Gasteiger partial charge in [-0.3, -0.25) is 14.9 Å². The summed E-state index contributed by atoms with van der Waals surface area (Å²) in [4.78, 5) is 22.0. The van der Waals surface area contributed by atoms with E-state index in [1.165, 1.54) is 13.0 Å². The van der Waals surface area contributed by atoms with Gasteiger partial charge >= 0.3 is 0 Å². The van der Waals surface area contributed by atoms with Crippen LogP contribution in [0.4, 0.5) is 11.4 Å². The lowest BCUT2D eigenvalue weighted by Gasteiger charge is -2.37. The monoisotopic (exact) mass is 541 g/mol. The topological polar surface area (TPSA) is 142 Å². The summed E-state index contributed by atoms with van der Waals surface area (Å²) in [7, 11) is -6.22. The Morgan fingerprint density at radius 2 is 1.97 bits per heavy atom. The molecule has 0 aliphatic carbocycles. The summed E-state index contributed by atoms with van der Waals surface area (Å²) in [6.07, 6.45) is 0. The van der Waals surface area contributed by atoms with Gasteiger partial charge in [0.25, 0.3) is 5.69 Å². The minimum atomic E-state index is -4.12. The van der Waals surface area contributed by atoms with Crippen molar-refractivity contribution in [1.82, 2.24) is 0 Å². The summed E-state index contributed by atoms with van der Waals surface area (Å²) >= 11 is 4.27. The van der Waals surface area contributed by atoms with Gasteiger partial charge in [-0.15, -0.1) is 0 Å². The summed E-state index contributed by atoms with van der Waals surface area (Å²) in [5, 5.41) is 19.6. The minimum Gasteiger partial charge on any atom is -0.415 e. The maximum atomic E-state index is 11.6. The quantitative estimate of drug-likeness (QED) is 0.270. The number of nitrogens with two attached hydrogens (primary N) is 1. The van der Waals surface area contributed by atoms with Crippen LogP contribution in [0.5, 0.6) is 0 Å². The summed E-state index contributed by atoms with van der Waals surface area (Å²) in [5.74, 6) is 0.324. The second kappa shape index (κ2) is 10.1. The molecule has 13 heteroatoms. The number of carbonyl (C=O) groups is 1. The molecule has 170 valence electrons. The van der Waals surface area contributed by atoms with Crippen molar-refractivity contribution in [1.29, 1.82) is 0 Å². The van der Waals surface area contributed by atoms with Crippen LogP contribution in [-0.4, -0.2) is 45.2 Å². The van der Waals surface area contributed by atoms with E-state index in [0.717, 1.165) is 17.8 Å². The average Bonchev–Trinajstić information content (AvgIpc) is 2.55. The highest BCUT2D eigenvalue weighted by Gasteiger charge is 2.38. The number of benzene rings is 1. The maximum absolute atomic E-state index is 11.6. The number of sulfonamides is 1. The van der Waals surface area contributed by atoms with Gasteiger partial charge in [-0.05, 0) is 40.1 Å². The van der Waals surface area contributed by atoms with Crippen molar-refractivity contribution >= 4 is 62.5 Å². The van der Waals surface area contributed by atoms with Crippen LogP contribution in [0.3, 0.4) is 0 Å². The Balaban J connectivity index is 3.28. The van der Waals surface area contributed by atoms with Crippen LogP contribution < -0.4 is 10.5 Å². The van der Waals surface area contributed by atoms with Crippen LogP contribution in [0.15, 0.2) is 21.5 Å². The van der Waals surface area contributed by atoms with Crippen LogP contribution in [0, 0.1) is 10.1 Å². The number of anilines is 1. The number of hydrogen-bond donors (Lipinski definition) is 2. The molecule has 1 atom stereocenters. The molecule has 1 aromatic rings. The van der Waals surface area contributed by atoms with E-state index in [0.29, 0.717) is 5.75 Å². The Morgan fingerprint density at radius 3 is 2.40 bits per heavy atom. The molecule has 0 saturated carbocycles. The van der Waals surface area contributed by atoms with Crippen molar-refractivity contribution in [2.75, 3.05) is 17.7 Å². The number of nitro groups is 1. The molecule has 0 amide bonds. The standard InChI is InChI=1S/C17H28BrN3O6S2Si/c1-11(22)28-10-12(9-27-30(5,6)17(2,3)4)20-16-14(18)7-13(29(19,25)26)8-15(16)21(23)24/h7-8,12,20H,9-10H2,1-6H3,(H2,19,25,26)/t12-/m1/s1. The fraction of sp³-hybridized carbons (Fsp3) is 0.588. The van der Waals surface area contributed by atoms with Gasteiger partial charge in [0.15, 0.2) is 13.4 Å². The molecule has 9 nitrogen and oxygen atoms in total. The number of nitrogens with zero attached hydrogens (tertiary/aromatic N) is 1. The van der Waals surface area contributed by atoms with Crippen LogP contribution in [0.2, 0.25) is 18.1 Å². The zero-order valence-corrected chi connectivity index (χ0v) is 22.0. The number of hydrogen-bond acceptors (Lipinski definition) is 8. The first kappa shape index (κ1) is 27.0. The van der Waals surface area contributed by atoms with Gasteiger partial charge in [-0.2, -0.15) is 0 Å². The third kappa shape index (κ3) is 7.61. The first-order valence-corrected chi connectivity index (χ1v) is 15.2. The number of nitrogens with one attached hydrogen (secondary N) is 1. The third-order valence-corrected chi connectivity index (χ3v) is 11.9. The van der Waals surface area contributed by atoms with E-state index in [-0.39, 0.29) is 31.8 Å². The summed E-state index contributed by atoms with van der Waals surface area (Å²) in [6, 6.07) is 1.68. The Morgan fingerprint density at radius 1 is 1.40 bits per heavy atom. The summed E-state index contributed by atoms with van der Waals surface area (Å²) in [6.45, 7) is 12.1. The highest BCUT2D eigenvalue weighted by molar-refractivity contribution is 9.10. The Labute approximate surface area is 191 Å². The lowest BCUT2D eigenvalue weighted by atomic mass is 10.2. The molecule has 0 aromatic heterocycles. The largest absolute Gasteiger partial charge is 0.415 e. The third-order valence-electron chi connectivity index (χ3n) is 4.86.